The van der Waals surface area contributed by atoms with Crippen molar-refractivity contribution >= 4 is 5.71 Å². The molecule has 0 heterocycles. The van der Waals surface area contributed by atoms with Crippen LogP contribution in [-0.2, 0) is 9.57 Å². The Balaban J connectivity index is 3.29. The summed E-state index contributed by atoms with van der Waals surface area (Å²) in [6.07, 6.45) is 8.79. The van der Waals surface area contributed by atoms with Gasteiger partial charge in [0.15, 0.2) is 0 Å². The number of hydrogen-bond donors (Lipinski definition) is 0. The molecule has 0 aliphatic carbocycles. The molecule has 15 heavy (non-hydrogen) atoms. The Hall–Kier alpha value is -0.830. The zero-order valence-electron chi connectivity index (χ0n) is 10.00. The summed E-state index contributed by atoms with van der Waals surface area (Å²) in [5.41, 5.74) is 0.939. The van der Waals surface area contributed by atoms with E-state index in [0.717, 1.165) is 31.6 Å². The summed E-state index contributed by atoms with van der Waals surface area (Å²) in [6.45, 7) is 4.57. The van der Waals surface area contributed by atoms with Crippen LogP contribution < -0.4 is 0 Å². The van der Waals surface area contributed by atoms with E-state index in [-0.39, 0.29) is 0 Å². The van der Waals surface area contributed by atoms with Gasteiger partial charge in [-0.1, -0.05) is 31.0 Å². The molecule has 0 bridgehead atoms. The minimum absolute atomic E-state index is 0.878. The summed E-state index contributed by atoms with van der Waals surface area (Å²) < 4.78 is 4.99. The van der Waals surface area contributed by atoms with E-state index in [1.54, 1.807) is 20.3 Å². The second kappa shape index (κ2) is 11.2. The molecule has 0 aromatic heterocycles. The molecule has 0 fully saturated rings. The molecule has 3 nitrogen and oxygen atoms in total. The van der Waals surface area contributed by atoms with Gasteiger partial charge in [-0.05, 0) is 25.3 Å². The summed E-state index contributed by atoms with van der Waals surface area (Å²) in [5.74, 6) is 0. The van der Waals surface area contributed by atoms with E-state index >= 15 is 0 Å². The lowest BCUT2D eigenvalue weighted by Gasteiger charge is -2.01. The van der Waals surface area contributed by atoms with Gasteiger partial charge in [0.25, 0.3) is 0 Å². The Bertz CT molecular complexity index is 178. The molecule has 0 saturated heterocycles. The topological polar surface area (TPSA) is 30.8 Å². The first-order valence-electron chi connectivity index (χ1n) is 5.56. The predicted molar refractivity (Wildman–Crippen MR) is 64.2 cm³/mol. The van der Waals surface area contributed by atoms with E-state index < -0.39 is 0 Å². The highest BCUT2D eigenvalue weighted by Gasteiger charge is 1.95. The Labute approximate surface area is 93.1 Å². The molecule has 3 heteroatoms. The van der Waals surface area contributed by atoms with E-state index in [9.17, 15) is 0 Å². The summed E-state index contributed by atoms with van der Waals surface area (Å²) in [7, 11) is 3.31. The first-order chi connectivity index (χ1) is 7.35. The van der Waals surface area contributed by atoms with Crippen molar-refractivity contribution in [2.24, 2.45) is 5.16 Å². The van der Waals surface area contributed by atoms with Crippen molar-refractivity contribution in [2.75, 3.05) is 20.8 Å². The third-order valence-corrected chi connectivity index (χ3v) is 2.23. The second-order valence-electron chi connectivity index (χ2n) is 3.48. The van der Waals surface area contributed by atoms with Crippen LogP contribution in [0.15, 0.2) is 17.8 Å². The highest BCUT2D eigenvalue weighted by Crippen LogP contribution is 2.06. The standard InChI is InChI=1S/C12H23NO2/c1-4-12(13-15-3)10-8-6-5-7-9-11-14-2/h4H,1,5-11H2,2-3H3/b13-12+. The van der Waals surface area contributed by atoms with Gasteiger partial charge in [-0.15, -0.1) is 0 Å². The molecule has 0 saturated carbocycles. The molecule has 0 N–H and O–H groups in total. The lowest BCUT2D eigenvalue weighted by atomic mass is 10.1. The van der Waals surface area contributed by atoms with E-state index in [1.165, 1.54) is 19.3 Å². The van der Waals surface area contributed by atoms with Crippen LogP contribution in [0.2, 0.25) is 0 Å². The Morgan fingerprint density at radius 1 is 1.13 bits per heavy atom. The fourth-order valence-electron chi connectivity index (χ4n) is 1.39. The van der Waals surface area contributed by atoms with Crippen molar-refractivity contribution in [3.05, 3.63) is 12.7 Å². The molecule has 0 amide bonds. The number of ether oxygens (including phenoxy) is 1. The SMILES string of the molecule is C=C/C(CCCCCCCOC)=N\OC. The third-order valence-electron chi connectivity index (χ3n) is 2.23. The van der Waals surface area contributed by atoms with Crippen molar-refractivity contribution < 1.29 is 9.57 Å². The number of nitrogens with zero attached hydrogens (tertiary/aromatic N) is 1. The Morgan fingerprint density at radius 2 is 1.80 bits per heavy atom. The van der Waals surface area contributed by atoms with Crippen molar-refractivity contribution in [3.8, 4) is 0 Å². The quantitative estimate of drug-likeness (QED) is 0.317. The highest BCUT2D eigenvalue weighted by molar-refractivity contribution is 5.93. The van der Waals surface area contributed by atoms with Gasteiger partial charge in [-0.3, -0.25) is 0 Å². The van der Waals surface area contributed by atoms with Gasteiger partial charge in [0.1, 0.15) is 7.11 Å². The zero-order chi connectivity index (χ0) is 11.4. The largest absolute Gasteiger partial charge is 0.399 e. The van der Waals surface area contributed by atoms with Gasteiger partial charge in [-0.2, -0.15) is 0 Å². The first kappa shape index (κ1) is 14.2. The maximum absolute atomic E-state index is 4.99. The molecule has 0 atom stereocenters. The van der Waals surface area contributed by atoms with Crippen LogP contribution in [0.5, 0.6) is 0 Å². The van der Waals surface area contributed by atoms with Gasteiger partial charge >= 0.3 is 0 Å². The predicted octanol–water partition coefficient (Wildman–Crippen LogP) is 3.16. The molecule has 0 rings (SSSR count). The van der Waals surface area contributed by atoms with E-state index in [1.807, 2.05) is 0 Å². The number of unbranched alkanes of at least 4 members (excludes halogenated alkanes) is 4. The summed E-state index contributed by atoms with van der Waals surface area (Å²) in [5, 5.41) is 3.87. The minimum atomic E-state index is 0.878. The van der Waals surface area contributed by atoms with Crippen LogP contribution >= 0.6 is 0 Å². The van der Waals surface area contributed by atoms with Crippen molar-refractivity contribution in [1.29, 1.82) is 0 Å². The first-order valence-corrected chi connectivity index (χ1v) is 5.56. The van der Waals surface area contributed by atoms with Gasteiger partial charge in [0, 0.05) is 13.7 Å². The maximum atomic E-state index is 4.99. The van der Waals surface area contributed by atoms with Crippen LogP contribution in [0.3, 0.4) is 0 Å². The van der Waals surface area contributed by atoms with Crippen LogP contribution in [0.25, 0.3) is 0 Å². The third kappa shape index (κ3) is 9.47. The van der Waals surface area contributed by atoms with Gasteiger partial charge < -0.3 is 9.57 Å². The van der Waals surface area contributed by atoms with Crippen molar-refractivity contribution in [1.82, 2.24) is 0 Å². The molecule has 0 aliphatic rings. The van der Waals surface area contributed by atoms with Crippen LogP contribution in [0.1, 0.15) is 38.5 Å². The molecule has 0 unspecified atom stereocenters. The monoisotopic (exact) mass is 213 g/mol. The lowest BCUT2D eigenvalue weighted by Crippen LogP contribution is -1.94. The van der Waals surface area contributed by atoms with E-state index in [2.05, 4.69) is 11.7 Å². The van der Waals surface area contributed by atoms with Crippen LogP contribution in [0.4, 0.5) is 0 Å². The number of allylic oxidation sites excluding steroid dienone is 1. The molecule has 0 aromatic rings. The molecule has 0 spiro atoms. The number of rotatable bonds is 10. The fourth-order valence-corrected chi connectivity index (χ4v) is 1.39. The lowest BCUT2D eigenvalue weighted by molar-refractivity contribution is 0.192. The second-order valence-corrected chi connectivity index (χ2v) is 3.48. The maximum Gasteiger partial charge on any atom is 0.106 e. The van der Waals surface area contributed by atoms with Gasteiger partial charge in [0.05, 0.1) is 5.71 Å². The van der Waals surface area contributed by atoms with Crippen LogP contribution in [-0.4, -0.2) is 26.5 Å². The van der Waals surface area contributed by atoms with Crippen molar-refractivity contribution in [3.63, 3.8) is 0 Å². The fraction of sp³-hybridized carbons (Fsp3) is 0.750. The van der Waals surface area contributed by atoms with Gasteiger partial charge in [-0.25, -0.2) is 0 Å². The molecular formula is C12H23NO2. The van der Waals surface area contributed by atoms with Gasteiger partial charge in [0.2, 0.25) is 0 Å². The molecule has 0 aliphatic heterocycles. The number of methoxy groups -OCH3 is 1. The minimum Gasteiger partial charge on any atom is -0.399 e. The average molecular weight is 213 g/mol. The van der Waals surface area contributed by atoms with Crippen molar-refractivity contribution in [2.45, 2.75) is 38.5 Å². The Morgan fingerprint density at radius 3 is 2.40 bits per heavy atom. The number of oxime groups is 1. The zero-order valence-corrected chi connectivity index (χ0v) is 10.00. The summed E-state index contributed by atoms with van der Waals surface area (Å²) in [6, 6.07) is 0. The summed E-state index contributed by atoms with van der Waals surface area (Å²) in [4.78, 5) is 4.71. The Kier molecular flexibility index (Phi) is 10.6. The van der Waals surface area contributed by atoms with Crippen LogP contribution in [0, 0.1) is 0 Å². The molecular weight excluding hydrogens is 190 g/mol. The molecule has 88 valence electrons. The number of hydrogen-bond acceptors (Lipinski definition) is 3. The molecule has 0 radical (unpaired) electrons. The summed E-state index contributed by atoms with van der Waals surface area (Å²) >= 11 is 0. The van der Waals surface area contributed by atoms with E-state index in [4.69, 9.17) is 9.57 Å². The highest BCUT2D eigenvalue weighted by atomic mass is 16.6. The molecule has 0 aromatic carbocycles. The average Bonchev–Trinajstić information content (AvgIpc) is 2.26. The normalized spacial score (nSPS) is 11.5. The smallest absolute Gasteiger partial charge is 0.106 e. The van der Waals surface area contributed by atoms with E-state index in [0.29, 0.717) is 0 Å².